The fourth-order valence-corrected chi connectivity index (χ4v) is 1.53. The fourth-order valence-electron chi connectivity index (χ4n) is 1.53. The maximum Gasteiger partial charge on any atom is 0.328 e. The predicted molar refractivity (Wildman–Crippen MR) is 73.5 cm³/mol. The van der Waals surface area contributed by atoms with E-state index in [0.717, 1.165) is 0 Å². The first-order valence-electron chi connectivity index (χ1n) is 6.60. The van der Waals surface area contributed by atoms with Gasteiger partial charge >= 0.3 is 18.0 Å². The third-order valence-corrected chi connectivity index (χ3v) is 2.74. The summed E-state index contributed by atoms with van der Waals surface area (Å²) in [4.78, 5) is 33.4. The molecule has 2 amide bonds. The number of carboxylic acid groups (broad SMARTS) is 2. The van der Waals surface area contributed by atoms with Gasteiger partial charge in [-0.1, -0.05) is 0 Å². The lowest BCUT2D eigenvalue weighted by Crippen LogP contribution is -2.48. The molecule has 0 bridgehead atoms. The molecule has 13 heteroatoms. The molecule has 0 spiro atoms. The number of hydrogen-bond donors (Lipinski definition) is 7. The number of aliphatic hydroxyl groups is 2. The van der Waals surface area contributed by atoms with E-state index in [1.54, 1.807) is 0 Å². The second-order valence-electron chi connectivity index (χ2n) is 4.61. The third-order valence-electron chi connectivity index (χ3n) is 2.74. The second kappa shape index (κ2) is 8.76. The number of aliphatic hydroxyl groups excluding tert-OH is 2. The molecule has 1 rings (SSSR count). The van der Waals surface area contributed by atoms with Gasteiger partial charge in [-0.2, -0.15) is 0 Å². The predicted octanol–water partition coefficient (Wildman–Crippen LogP) is -2.68. The van der Waals surface area contributed by atoms with Crippen molar-refractivity contribution in [2.24, 2.45) is 5.73 Å². The van der Waals surface area contributed by atoms with E-state index in [2.05, 4.69) is 15.5 Å². The Labute approximate surface area is 134 Å². The van der Waals surface area contributed by atoms with Crippen LogP contribution in [-0.2, 0) is 9.59 Å². The van der Waals surface area contributed by atoms with Gasteiger partial charge in [0.2, 0.25) is 11.8 Å². The number of amides is 2. The minimum Gasteiger partial charge on any atom is -0.481 e. The highest BCUT2D eigenvalue weighted by Gasteiger charge is 2.27. The Kier molecular flexibility index (Phi) is 7.03. The summed E-state index contributed by atoms with van der Waals surface area (Å²) in [5, 5.41) is 46.5. The Bertz CT molecular complexity index is 591. The maximum atomic E-state index is 11.7. The number of rotatable bonds is 9. The molecule has 3 unspecified atom stereocenters. The highest BCUT2D eigenvalue weighted by molar-refractivity contribution is 5.83. The molecule has 0 saturated carbocycles. The molecule has 134 valence electrons. The highest BCUT2D eigenvalue weighted by atomic mass is 16.4. The molecule has 0 saturated heterocycles. The van der Waals surface area contributed by atoms with Gasteiger partial charge < -0.3 is 41.2 Å². The van der Waals surface area contributed by atoms with Crippen LogP contribution in [0.5, 0.6) is 0 Å². The molecular weight excluding hydrogens is 330 g/mol. The molecule has 1 aromatic rings. The maximum absolute atomic E-state index is 11.7. The lowest BCUT2D eigenvalue weighted by Gasteiger charge is -2.16. The molecule has 0 aromatic carbocycles. The first-order chi connectivity index (χ1) is 11.3. The van der Waals surface area contributed by atoms with Crippen molar-refractivity contribution in [3.63, 3.8) is 0 Å². The normalized spacial score (nSPS) is 14.5. The van der Waals surface area contributed by atoms with E-state index in [0.29, 0.717) is 0 Å². The number of carboxylic acids is 2. The van der Waals surface area contributed by atoms with E-state index >= 15 is 0 Å². The number of nitrogens with zero attached hydrogens (tertiary/aromatic N) is 2. The fraction of sp³-hybridized carbons (Fsp3) is 0.545. The van der Waals surface area contributed by atoms with Crippen LogP contribution in [-0.4, -0.2) is 67.8 Å². The number of nitrogens with one attached hydrogen (secondary N) is 2. The average molecular weight is 347 g/mol. The summed E-state index contributed by atoms with van der Waals surface area (Å²) in [5.41, 5.74) is 5.47. The Hall–Kier alpha value is -2.77. The molecule has 0 radical (unpaired) electrons. The molecule has 8 N–H and O–H groups in total. The van der Waals surface area contributed by atoms with Crippen LogP contribution in [0.25, 0.3) is 0 Å². The summed E-state index contributed by atoms with van der Waals surface area (Å²) >= 11 is 0. The number of urea groups is 1. The molecule has 1 heterocycles. The van der Waals surface area contributed by atoms with Crippen molar-refractivity contribution in [2.75, 3.05) is 13.2 Å². The summed E-state index contributed by atoms with van der Waals surface area (Å²) in [5.74, 6) is -3.23. The van der Waals surface area contributed by atoms with Gasteiger partial charge in [0.05, 0.1) is 19.6 Å². The van der Waals surface area contributed by atoms with Gasteiger partial charge in [0.25, 0.3) is 0 Å². The summed E-state index contributed by atoms with van der Waals surface area (Å²) < 4.78 is 5.10. The van der Waals surface area contributed by atoms with Gasteiger partial charge in [-0.05, 0) is 0 Å². The van der Waals surface area contributed by atoms with Crippen molar-refractivity contribution in [3.05, 3.63) is 11.8 Å². The zero-order valence-corrected chi connectivity index (χ0v) is 12.2. The number of carbonyl (C=O) groups excluding carboxylic acids is 1. The molecule has 0 aliphatic rings. The minimum atomic E-state index is -1.57. The van der Waals surface area contributed by atoms with Gasteiger partial charge in [-0.25, -0.2) is 9.59 Å². The summed E-state index contributed by atoms with van der Waals surface area (Å²) in [7, 11) is 0. The van der Waals surface area contributed by atoms with E-state index in [4.69, 9.17) is 30.6 Å². The highest BCUT2D eigenvalue weighted by Crippen LogP contribution is 2.18. The van der Waals surface area contributed by atoms with Gasteiger partial charge in [0, 0.05) is 0 Å². The molecule has 24 heavy (non-hydrogen) atoms. The van der Waals surface area contributed by atoms with Crippen molar-refractivity contribution in [1.82, 2.24) is 20.8 Å². The van der Waals surface area contributed by atoms with Gasteiger partial charge in [-0.15, -0.1) is 10.2 Å². The molecule has 0 aliphatic heterocycles. The van der Waals surface area contributed by atoms with Crippen LogP contribution in [0.1, 0.15) is 30.3 Å². The number of aromatic nitrogens is 2. The lowest BCUT2D eigenvalue weighted by molar-refractivity contribution is -0.140. The first kappa shape index (κ1) is 19.3. The summed E-state index contributed by atoms with van der Waals surface area (Å²) in [6.45, 7) is -1.35. The van der Waals surface area contributed by atoms with E-state index in [9.17, 15) is 14.4 Å². The molecule has 3 atom stereocenters. The van der Waals surface area contributed by atoms with Gasteiger partial charge in [0.1, 0.15) is 12.1 Å². The van der Waals surface area contributed by atoms with E-state index in [1.165, 1.54) is 0 Å². The smallest absolute Gasteiger partial charge is 0.328 e. The van der Waals surface area contributed by atoms with Gasteiger partial charge in [0.15, 0.2) is 6.04 Å². The Morgan fingerprint density at radius 3 is 2.21 bits per heavy atom. The number of nitrogens with two attached hydrogens (primary N) is 1. The molecule has 0 aliphatic carbocycles. The summed E-state index contributed by atoms with van der Waals surface area (Å²) in [6, 6.07) is -4.88. The largest absolute Gasteiger partial charge is 0.481 e. The van der Waals surface area contributed by atoms with Crippen LogP contribution in [0.2, 0.25) is 0 Å². The second-order valence-corrected chi connectivity index (χ2v) is 4.61. The lowest BCUT2D eigenvalue weighted by atomic mass is 10.2. The minimum absolute atomic E-state index is 0.163. The Balaban J connectivity index is 2.85. The van der Waals surface area contributed by atoms with Crippen LogP contribution in [0.4, 0.5) is 4.79 Å². The van der Waals surface area contributed by atoms with Gasteiger partial charge in [-0.3, -0.25) is 4.79 Å². The molecule has 13 nitrogen and oxygen atoms in total. The Morgan fingerprint density at radius 1 is 1.08 bits per heavy atom. The van der Waals surface area contributed by atoms with Crippen molar-refractivity contribution in [1.29, 1.82) is 0 Å². The van der Waals surface area contributed by atoms with Crippen molar-refractivity contribution >= 4 is 18.0 Å². The van der Waals surface area contributed by atoms with E-state index < -0.39 is 55.7 Å². The quantitative estimate of drug-likeness (QED) is 0.244. The number of hydrogen-bond acceptors (Lipinski definition) is 9. The van der Waals surface area contributed by atoms with Crippen molar-refractivity contribution in [2.45, 2.75) is 24.5 Å². The molecule has 0 fully saturated rings. The van der Waals surface area contributed by atoms with E-state index in [1.807, 2.05) is 5.32 Å². The van der Waals surface area contributed by atoms with E-state index in [-0.39, 0.29) is 11.8 Å². The third kappa shape index (κ3) is 5.45. The molecular formula is C11H17N5O8. The standard InChI is InChI=1S/C11H17N5O8/c12-4(2-17)8-15-16-9(24-8)5(1-7(19)20)13-11(23)14-6(3-18)10(21)22/h4-6,17-18H,1-3,12H2,(H,19,20)(H,21,22)(H2,13,14,23). The first-order valence-corrected chi connectivity index (χ1v) is 6.60. The van der Waals surface area contributed by atoms with Crippen LogP contribution in [0, 0.1) is 0 Å². The zero-order chi connectivity index (χ0) is 18.3. The monoisotopic (exact) mass is 347 g/mol. The average Bonchev–Trinajstić information content (AvgIpc) is 3.00. The molecule has 1 aromatic heterocycles. The van der Waals surface area contributed by atoms with Crippen molar-refractivity contribution in [3.8, 4) is 0 Å². The Morgan fingerprint density at radius 2 is 1.71 bits per heavy atom. The number of carbonyl (C=O) groups is 3. The van der Waals surface area contributed by atoms with Crippen LogP contribution in [0.15, 0.2) is 4.42 Å². The summed E-state index contributed by atoms with van der Waals surface area (Å²) in [6.07, 6.45) is -0.639. The zero-order valence-electron chi connectivity index (χ0n) is 12.2. The van der Waals surface area contributed by atoms with Crippen LogP contribution < -0.4 is 16.4 Å². The SMILES string of the molecule is NC(CO)c1nnc(C(CC(=O)O)NC(=O)NC(CO)C(=O)O)o1. The van der Waals surface area contributed by atoms with Crippen LogP contribution >= 0.6 is 0 Å². The topological polar surface area (TPSA) is 221 Å². The van der Waals surface area contributed by atoms with Crippen LogP contribution in [0.3, 0.4) is 0 Å². The van der Waals surface area contributed by atoms with Crippen molar-refractivity contribution < 1.29 is 39.2 Å². The number of aliphatic carboxylic acids is 2.